The lowest BCUT2D eigenvalue weighted by molar-refractivity contribution is -0.129. The number of aromatic nitrogens is 1. The lowest BCUT2D eigenvalue weighted by Crippen LogP contribution is -2.34. The van der Waals surface area contributed by atoms with Crippen LogP contribution in [0.25, 0.3) is 0 Å². The molecule has 0 spiro atoms. The van der Waals surface area contributed by atoms with Crippen molar-refractivity contribution in [3.8, 4) is 0 Å². The summed E-state index contributed by atoms with van der Waals surface area (Å²) in [6.45, 7) is 5.06. The van der Waals surface area contributed by atoms with Crippen molar-refractivity contribution in [2.24, 2.45) is 5.92 Å². The van der Waals surface area contributed by atoms with Crippen molar-refractivity contribution in [2.45, 2.75) is 52.0 Å². The van der Waals surface area contributed by atoms with Crippen LogP contribution in [0.15, 0.2) is 4.52 Å². The van der Waals surface area contributed by atoms with Gasteiger partial charge in [0, 0.05) is 31.1 Å². The number of nitrogens with zero attached hydrogens (tertiary/aromatic N) is 2. The normalized spacial score (nSPS) is 21.5. The van der Waals surface area contributed by atoms with Crippen LogP contribution in [-0.4, -0.2) is 41.0 Å². The molecule has 120 valence electrons. The van der Waals surface area contributed by atoms with E-state index in [0.29, 0.717) is 25.6 Å². The number of aryl methyl sites for hydroxylation is 2. The molecule has 3 rings (SSSR count). The molecule has 2 amide bonds. The third kappa shape index (κ3) is 3.15. The van der Waals surface area contributed by atoms with Gasteiger partial charge in [0.15, 0.2) is 0 Å². The molecular formula is C16H23N3O3. The summed E-state index contributed by atoms with van der Waals surface area (Å²) >= 11 is 0. The first-order valence-corrected chi connectivity index (χ1v) is 8.05. The molecule has 0 radical (unpaired) electrons. The van der Waals surface area contributed by atoms with Gasteiger partial charge in [0.1, 0.15) is 5.76 Å². The van der Waals surface area contributed by atoms with Gasteiger partial charge in [-0.25, -0.2) is 0 Å². The van der Waals surface area contributed by atoms with Gasteiger partial charge >= 0.3 is 0 Å². The van der Waals surface area contributed by atoms with Gasteiger partial charge in [-0.1, -0.05) is 5.16 Å². The summed E-state index contributed by atoms with van der Waals surface area (Å²) in [5.74, 6) is 0.825. The highest BCUT2D eigenvalue weighted by Gasteiger charge is 2.41. The second-order valence-electron chi connectivity index (χ2n) is 6.38. The average molecular weight is 305 g/mol. The Bertz CT molecular complexity index is 558. The molecule has 1 aromatic rings. The number of hydrogen-bond acceptors (Lipinski definition) is 4. The lowest BCUT2D eigenvalue weighted by Gasteiger charge is -2.15. The van der Waals surface area contributed by atoms with Crippen molar-refractivity contribution >= 4 is 11.8 Å². The Labute approximate surface area is 130 Å². The summed E-state index contributed by atoms with van der Waals surface area (Å²) < 4.78 is 5.13. The van der Waals surface area contributed by atoms with Gasteiger partial charge in [-0.15, -0.1) is 0 Å². The summed E-state index contributed by atoms with van der Waals surface area (Å²) in [6.07, 6.45) is 4.25. The number of nitrogens with one attached hydrogen (secondary N) is 1. The first-order valence-electron chi connectivity index (χ1n) is 8.05. The Hall–Kier alpha value is -1.85. The lowest BCUT2D eigenvalue weighted by atomic mass is 10.1. The van der Waals surface area contributed by atoms with Crippen LogP contribution in [0.1, 0.15) is 42.7 Å². The first-order chi connectivity index (χ1) is 10.6. The molecule has 0 bridgehead atoms. The molecule has 22 heavy (non-hydrogen) atoms. The second-order valence-corrected chi connectivity index (χ2v) is 6.38. The van der Waals surface area contributed by atoms with E-state index in [1.54, 1.807) is 0 Å². The molecule has 1 aromatic heterocycles. The smallest absolute Gasteiger partial charge is 0.225 e. The standard InChI is InChI=1S/C16H23N3O3/c1-10-14(11(2)22-18-10)4-3-7-17-16(21)12-8-15(20)19(9-12)13-5-6-13/h12-13H,3-9H2,1-2H3,(H,17,21)/t12-/m0/s1. The first kappa shape index (κ1) is 15.1. The number of likely N-dealkylation sites (tertiary alicyclic amines) is 1. The fourth-order valence-electron chi connectivity index (χ4n) is 3.13. The molecule has 6 nitrogen and oxygen atoms in total. The van der Waals surface area contributed by atoms with Crippen LogP contribution < -0.4 is 5.32 Å². The fourth-order valence-corrected chi connectivity index (χ4v) is 3.13. The van der Waals surface area contributed by atoms with Gasteiger partial charge in [0.25, 0.3) is 0 Å². The van der Waals surface area contributed by atoms with Crippen LogP contribution in [0.5, 0.6) is 0 Å². The monoisotopic (exact) mass is 305 g/mol. The summed E-state index contributed by atoms with van der Waals surface area (Å²) in [6, 6.07) is 0.407. The van der Waals surface area contributed by atoms with E-state index in [9.17, 15) is 9.59 Å². The summed E-state index contributed by atoms with van der Waals surface area (Å²) in [4.78, 5) is 25.9. The van der Waals surface area contributed by atoms with Gasteiger partial charge in [-0.2, -0.15) is 0 Å². The van der Waals surface area contributed by atoms with Crippen molar-refractivity contribution in [3.63, 3.8) is 0 Å². The number of carbonyl (C=O) groups is 2. The second kappa shape index (κ2) is 6.10. The number of amides is 2. The predicted octanol–water partition coefficient (Wildman–Crippen LogP) is 1.35. The maximum Gasteiger partial charge on any atom is 0.225 e. The maximum absolute atomic E-state index is 12.2. The highest BCUT2D eigenvalue weighted by Crippen LogP contribution is 2.32. The molecule has 1 atom stereocenters. The van der Waals surface area contributed by atoms with E-state index < -0.39 is 0 Å². The van der Waals surface area contributed by atoms with Crippen LogP contribution in [-0.2, 0) is 16.0 Å². The maximum atomic E-state index is 12.2. The Kier molecular flexibility index (Phi) is 4.18. The molecule has 2 aliphatic rings. The minimum atomic E-state index is -0.174. The zero-order valence-electron chi connectivity index (χ0n) is 13.2. The van der Waals surface area contributed by atoms with Crippen molar-refractivity contribution < 1.29 is 14.1 Å². The van der Waals surface area contributed by atoms with E-state index in [2.05, 4.69) is 10.5 Å². The van der Waals surface area contributed by atoms with E-state index in [1.807, 2.05) is 18.7 Å². The Balaban J connectivity index is 1.40. The van der Waals surface area contributed by atoms with Gasteiger partial charge in [0.05, 0.1) is 11.6 Å². The predicted molar refractivity (Wildman–Crippen MR) is 80.1 cm³/mol. The van der Waals surface area contributed by atoms with Crippen molar-refractivity contribution in [3.05, 3.63) is 17.0 Å². The molecule has 1 saturated carbocycles. The van der Waals surface area contributed by atoms with Gasteiger partial charge in [-0.05, 0) is 39.5 Å². The summed E-state index contributed by atoms with van der Waals surface area (Å²) in [5, 5.41) is 6.88. The Morgan fingerprint density at radius 2 is 2.18 bits per heavy atom. The molecule has 2 heterocycles. The van der Waals surface area contributed by atoms with E-state index in [4.69, 9.17) is 4.52 Å². The number of rotatable bonds is 6. The zero-order chi connectivity index (χ0) is 15.7. The minimum Gasteiger partial charge on any atom is -0.361 e. The SMILES string of the molecule is Cc1noc(C)c1CCCNC(=O)[C@H]1CC(=O)N(C2CC2)C1. The van der Waals surface area contributed by atoms with Gasteiger partial charge in [-0.3, -0.25) is 9.59 Å². The third-order valence-electron chi connectivity index (χ3n) is 4.60. The van der Waals surface area contributed by atoms with Crippen molar-refractivity contribution in [2.75, 3.05) is 13.1 Å². The van der Waals surface area contributed by atoms with E-state index >= 15 is 0 Å². The molecular weight excluding hydrogens is 282 g/mol. The molecule has 0 aromatic carbocycles. The summed E-state index contributed by atoms with van der Waals surface area (Å²) in [5.41, 5.74) is 2.05. The van der Waals surface area contributed by atoms with Gasteiger partial charge in [0.2, 0.25) is 11.8 Å². The average Bonchev–Trinajstić information content (AvgIpc) is 3.19. The van der Waals surface area contributed by atoms with Crippen LogP contribution in [0.3, 0.4) is 0 Å². The molecule has 1 N–H and O–H groups in total. The quantitative estimate of drug-likeness (QED) is 0.805. The Morgan fingerprint density at radius 1 is 1.41 bits per heavy atom. The largest absolute Gasteiger partial charge is 0.361 e. The zero-order valence-corrected chi connectivity index (χ0v) is 13.2. The molecule has 2 fully saturated rings. The van der Waals surface area contributed by atoms with E-state index in [0.717, 1.165) is 42.7 Å². The highest BCUT2D eigenvalue weighted by molar-refractivity contribution is 5.89. The molecule has 0 unspecified atom stereocenters. The minimum absolute atomic E-state index is 0.00950. The fraction of sp³-hybridized carbons (Fsp3) is 0.688. The van der Waals surface area contributed by atoms with Crippen LogP contribution in [0.4, 0.5) is 0 Å². The van der Waals surface area contributed by atoms with E-state index in [1.165, 1.54) is 0 Å². The van der Waals surface area contributed by atoms with Gasteiger partial charge < -0.3 is 14.7 Å². The highest BCUT2D eigenvalue weighted by atomic mass is 16.5. The number of hydrogen-bond donors (Lipinski definition) is 1. The summed E-state index contributed by atoms with van der Waals surface area (Å²) in [7, 11) is 0. The van der Waals surface area contributed by atoms with E-state index in [-0.39, 0.29) is 17.7 Å². The van der Waals surface area contributed by atoms with Crippen LogP contribution >= 0.6 is 0 Å². The Morgan fingerprint density at radius 3 is 2.82 bits per heavy atom. The number of carbonyl (C=O) groups excluding carboxylic acids is 2. The molecule has 1 saturated heterocycles. The van der Waals surface area contributed by atoms with Crippen molar-refractivity contribution in [1.29, 1.82) is 0 Å². The van der Waals surface area contributed by atoms with Crippen LogP contribution in [0.2, 0.25) is 0 Å². The molecule has 6 heteroatoms. The third-order valence-corrected chi connectivity index (χ3v) is 4.60. The molecule has 1 aliphatic carbocycles. The topological polar surface area (TPSA) is 75.4 Å². The van der Waals surface area contributed by atoms with Crippen LogP contribution in [0, 0.1) is 19.8 Å². The van der Waals surface area contributed by atoms with Crippen molar-refractivity contribution in [1.82, 2.24) is 15.4 Å². The molecule has 1 aliphatic heterocycles.